The van der Waals surface area contributed by atoms with Crippen LogP contribution < -0.4 is 0 Å². The summed E-state index contributed by atoms with van der Waals surface area (Å²) >= 11 is 0. The fraction of sp³-hybridized carbons (Fsp3) is 0.536. The fourth-order valence-electron chi connectivity index (χ4n) is 8.01. The van der Waals surface area contributed by atoms with Crippen LogP contribution in [0.5, 0.6) is 5.75 Å². The van der Waals surface area contributed by atoms with Gasteiger partial charge in [-0.1, -0.05) is 31.6 Å². The molecule has 4 aliphatic rings. The number of phenols is 1. The number of hydrogen-bond donors (Lipinski definition) is 4. The number of aromatic hydroxyl groups is 1. The van der Waals surface area contributed by atoms with Gasteiger partial charge in [0.15, 0.2) is 18.1 Å². The van der Waals surface area contributed by atoms with Crippen LogP contribution in [0.25, 0.3) is 0 Å². The van der Waals surface area contributed by atoms with Crippen LogP contribution in [0.15, 0.2) is 46.9 Å². The Labute approximate surface area is 254 Å². The molecule has 0 amide bonds. The number of ketones is 2. The Morgan fingerprint density at radius 3 is 2.55 bits per heavy atom. The molecule has 5 rings (SSSR count). The Morgan fingerprint density at radius 1 is 1.18 bits per heavy atom. The molecule has 0 unspecified atom stereocenters. The maximum absolute atomic E-state index is 13.4. The van der Waals surface area contributed by atoms with Gasteiger partial charge in [-0.3, -0.25) is 14.1 Å². The van der Waals surface area contributed by atoms with Crippen molar-refractivity contribution < 1.29 is 47.4 Å². The van der Waals surface area contributed by atoms with Crippen LogP contribution in [0.1, 0.15) is 56.3 Å². The summed E-state index contributed by atoms with van der Waals surface area (Å²) in [5.74, 6) is -3.28. The van der Waals surface area contributed by atoms with Gasteiger partial charge in [-0.15, -0.1) is 0 Å². The van der Waals surface area contributed by atoms with Crippen molar-refractivity contribution in [3.05, 3.63) is 47.6 Å². The molecule has 40 heavy (non-hydrogen) atoms. The van der Waals surface area contributed by atoms with Gasteiger partial charge >= 0.3 is 35.5 Å². The molecule has 1 aromatic rings. The number of carbonyl (C=O) groups excluding carboxylic acids is 3. The molecule has 10 nitrogen and oxygen atoms in total. The first-order valence-corrected chi connectivity index (χ1v) is 14.4. The topological polar surface area (TPSA) is 175 Å². The average Bonchev–Trinajstić information content (AvgIpc) is 3.13. The van der Waals surface area contributed by atoms with Crippen LogP contribution in [0.3, 0.4) is 0 Å². The quantitative estimate of drug-likeness (QED) is 0.227. The van der Waals surface area contributed by atoms with E-state index in [4.69, 9.17) is 4.74 Å². The number of carbonyl (C=O) groups is 3. The number of allylic oxidation sites excluding steroid dienone is 4. The Morgan fingerprint density at radius 2 is 1.88 bits per heavy atom. The zero-order valence-electron chi connectivity index (χ0n) is 21.7. The zero-order valence-corrected chi connectivity index (χ0v) is 22.5. The first-order chi connectivity index (χ1) is 18.1. The number of aliphatic hydroxyl groups excluding tert-OH is 1. The predicted molar refractivity (Wildman–Crippen MR) is 143 cm³/mol. The Hall–Kier alpha value is -1.86. The normalized spacial score (nSPS) is 36.4. The maximum atomic E-state index is 13.4. The molecule has 0 bridgehead atoms. The second-order valence-corrected chi connectivity index (χ2v) is 13.1. The summed E-state index contributed by atoms with van der Waals surface area (Å²) < 4.78 is 37.2. The number of aliphatic hydroxyl groups is 2. The van der Waals surface area contributed by atoms with Crippen molar-refractivity contribution >= 4 is 57.2 Å². The van der Waals surface area contributed by atoms with E-state index < -0.39 is 67.2 Å². The number of Topliss-reactive ketones (excluding diaryl/α,β-unsaturated/α-hetero) is 1. The minimum absolute atomic E-state index is 0. The van der Waals surface area contributed by atoms with Crippen molar-refractivity contribution in [1.29, 1.82) is 0 Å². The SMILES string of the molecule is C[C@]12C=CC(=O)C=C1CC[C@@H]1[C@@H]2[C@@H](O)C[C@@]2(C)[C@H]1CC[C@]2(O)C(=O)COC(=O)c1cccc(S(=O)(=O)O)c1O.[NaH]. The van der Waals surface area contributed by atoms with Crippen molar-refractivity contribution in [3.63, 3.8) is 0 Å². The fourth-order valence-corrected chi connectivity index (χ4v) is 8.62. The van der Waals surface area contributed by atoms with E-state index in [1.807, 2.05) is 13.0 Å². The molecule has 3 saturated carbocycles. The number of rotatable bonds is 5. The summed E-state index contributed by atoms with van der Waals surface area (Å²) in [6.07, 6.45) is 6.44. The van der Waals surface area contributed by atoms with Gasteiger partial charge < -0.3 is 20.1 Å². The summed E-state index contributed by atoms with van der Waals surface area (Å²) in [4.78, 5) is 37.1. The van der Waals surface area contributed by atoms with E-state index in [1.165, 1.54) is 0 Å². The molecule has 4 aliphatic carbocycles. The first-order valence-electron chi connectivity index (χ1n) is 13.0. The van der Waals surface area contributed by atoms with E-state index in [-0.39, 0.29) is 65.9 Å². The minimum atomic E-state index is -4.81. The predicted octanol–water partition coefficient (Wildman–Crippen LogP) is 1.73. The van der Waals surface area contributed by atoms with Gasteiger partial charge in [-0.25, -0.2) is 4.79 Å². The van der Waals surface area contributed by atoms with E-state index in [2.05, 4.69) is 0 Å². The molecular weight excluding hydrogens is 551 g/mol. The average molecular weight is 585 g/mol. The third-order valence-corrected chi connectivity index (χ3v) is 10.8. The molecule has 0 radical (unpaired) electrons. The molecule has 4 N–H and O–H groups in total. The number of hydrogen-bond acceptors (Lipinski definition) is 9. The van der Waals surface area contributed by atoms with Gasteiger partial charge in [-0.2, -0.15) is 8.42 Å². The molecular formula is C28H33NaO10S. The molecule has 7 atom stereocenters. The first kappa shape index (κ1) is 31.1. The van der Waals surface area contributed by atoms with Crippen LogP contribution >= 0.6 is 0 Å². The number of para-hydroxylation sites is 1. The van der Waals surface area contributed by atoms with Crippen molar-refractivity contribution in [2.45, 2.75) is 62.6 Å². The van der Waals surface area contributed by atoms with E-state index in [0.717, 1.165) is 23.8 Å². The van der Waals surface area contributed by atoms with Gasteiger partial charge in [-0.05, 0) is 68.2 Å². The van der Waals surface area contributed by atoms with Gasteiger partial charge in [0.1, 0.15) is 16.1 Å². The van der Waals surface area contributed by atoms with Crippen LogP contribution in [-0.4, -0.2) is 93.7 Å². The van der Waals surface area contributed by atoms with E-state index >= 15 is 0 Å². The molecule has 0 heterocycles. The third-order valence-electron chi connectivity index (χ3n) is 9.94. The molecule has 0 aromatic heterocycles. The zero-order chi connectivity index (χ0) is 28.5. The van der Waals surface area contributed by atoms with Gasteiger partial charge in [0.25, 0.3) is 10.1 Å². The van der Waals surface area contributed by atoms with Crippen molar-refractivity contribution in [1.82, 2.24) is 0 Å². The number of benzene rings is 1. The van der Waals surface area contributed by atoms with Crippen LogP contribution in [0, 0.1) is 28.6 Å². The van der Waals surface area contributed by atoms with E-state index in [0.29, 0.717) is 19.3 Å². The molecule has 212 valence electrons. The molecule has 0 spiro atoms. The summed E-state index contributed by atoms with van der Waals surface area (Å²) in [6.45, 7) is 2.99. The summed E-state index contributed by atoms with van der Waals surface area (Å²) in [7, 11) is -4.81. The molecule has 12 heteroatoms. The third kappa shape index (κ3) is 4.63. The van der Waals surface area contributed by atoms with Crippen LogP contribution in [0.4, 0.5) is 0 Å². The number of esters is 1. The Kier molecular flexibility index (Phi) is 8.12. The van der Waals surface area contributed by atoms with Crippen LogP contribution in [0.2, 0.25) is 0 Å². The van der Waals surface area contributed by atoms with Gasteiger partial charge in [0.2, 0.25) is 5.78 Å². The van der Waals surface area contributed by atoms with Crippen molar-refractivity contribution in [2.75, 3.05) is 6.61 Å². The summed E-state index contributed by atoms with van der Waals surface area (Å²) in [6, 6.07) is 3.11. The Balaban J connectivity index is 0.00000370. The summed E-state index contributed by atoms with van der Waals surface area (Å²) in [5.41, 5.74) is -2.92. The number of ether oxygens (including phenoxy) is 1. The number of phenolic OH excluding ortho intramolecular Hbond substituents is 1. The van der Waals surface area contributed by atoms with E-state index in [9.17, 15) is 42.7 Å². The van der Waals surface area contributed by atoms with Gasteiger partial charge in [0.05, 0.1) is 6.10 Å². The standard InChI is InChI=1S/C28H32O10S.Na.H/c1-26-10-8-16(29)12-15(26)6-7-17-19-9-11-28(34,27(19,2)13-20(30)23(17)26)22(31)14-38-25(33)18-4-3-5-21(24(18)32)39(35,36)37;;/h3-5,8,10,12,17,19-20,23,30,32,34H,6-7,9,11,13-14H2,1-2H3,(H,35,36,37);;/t17-,19-,20-,23+,26-,27-,28-;;/m0../s1. The van der Waals surface area contributed by atoms with Crippen molar-refractivity contribution in [2.24, 2.45) is 28.6 Å². The van der Waals surface area contributed by atoms with Gasteiger partial charge in [0, 0.05) is 16.7 Å². The Bertz CT molecular complexity index is 1430. The molecule has 1 aromatic carbocycles. The monoisotopic (exact) mass is 584 g/mol. The van der Waals surface area contributed by atoms with E-state index in [1.54, 1.807) is 19.1 Å². The van der Waals surface area contributed by atoms with Crippen LogP contribution in [-0.2, 0) is 24.4 Å². The summed E-state index contributed by atoms with van der Waals surface area (Å²) in [5, 5.41) is 33.3. The second kappa shape index (κ2) is 10.4. The molecule has 0 aliphatic heterocycles. The molecule has 0 saturated heterocycles. The second-order valence-electron chi connectivity index (χ2n) is 11.7. The van der Waals surface area contributed by atoms with Crippen molar-refractivity contribution in [3.8, 4) is 5.75 Å². The molecule has 3 fully saturated rings. The number of fused-ring (bicyclic) bond motifs is 5.